The van der Waals surface area contributed by atoms with Gasteiger partial charge in [-0.2, -0.15) is 4.31 Å². The maximum absolute atomic E-state index is 13.6. The highest BCUT2D eigenvalue weighted by molar-refractivity contribution is 7.89. The van der Waals surface area contributed by atoms with Crippen LogP contribution in [0.3, 0.4) is 0 Å². The maximum Gasteiger partial charge on any atom is 0.243 e. The fourth-order valence-electron chi connectivity index (χ4n) is 4.22. The van der Waals surface area contributed by atoms with Gasteiger partial charge in [-0.3, -0.25) is 4.79 Å². The number of fused-ring (bicyclic) bond motifs is 1. The fourth-order valence-corrected chi connectivity index (χ4v) is 5.89. The molecule has 33 heavy (non-hydrogen) atoms. The van der Waals surface area contributed by atoms with Crippen molar-refractivity contribution < 1.29 is 17.9 Å². The largest absolute Gasteiger partial charge is 0.495 e. The summed E-state index contributed by atoms with van der Waals surface area (Å²) in [5.41, 5.74) is 2.80. The second-order valence-corrected chi connectivity index (χ2v) is 10.2. The molecule has 1 aliphatic heterocycles. The molecule has 10 heteroatoms. The van der Waals surface area contributed by atoms with Crippen molar-refractivity contribution in [2.24, 2.45) is 0 Å². The first kappa shape index (κ1) is 23.2. The summed E-state index contributed by atoms with van der Waals surface area (Å²) in [6, 6.07) is 9.51. The molecule has 9 nitrogen and oxygen atoms in total. The number of nitrogens with zero attached hydrogens (tertiary/aromatic N) is 4. The standard InChI is InChI=1S/C23H29N5O4S/c1-4-12-27-20-10-9-17(15-18(20)25-26-27)33(30,31)28-13-6-5-7-21(28)23(29)24-19-14-16(2)8-11-22(19)32-3/h8-11,14-15,21H,4-7,12-13H2,1-3H3,(H,24,29)/t21-/m1/s1. The molecule has 0 aliphatic carbocycles. The smallest absolute Gasteiger partial charge is 0.243 e. The summed E-state index contributed by atoms with van der Waals surface area (Å²) in [6.45, 7) is 4.95. The van der Waals surface area contributed by atoms with E-state index in [1.165, 1.54) is 17.5 Å². The number of aryl methyl sites for hydroxylation is 2. The zero-order valence-corrected chi connectivity index (χ0v) is 19.9. The highest BCUT2D eigenvalue weighted by Crippen LogP contribution is 2.30. The van der Waals surface area contributed by atoms with Crippen LogP contribution in [0, 0.1) is 6.92 Å². The number of carbonyl (C=O) groups is 1. The third-order valence-corrected chi connectivity index (χ3v) is 7.80. The van der Waals surface area contributed by atoms with Gasteiger partial charge in [0.05, 0.1) is 23.2 Å². The lowest BCUT2D eigenvalue weighted by molar-refractivity contribution is -0.120. The predicted molar refractivity (Wildman–Crippen MR) is 126 cm³/mol. The summed E-state index contributed by atoms with van der Waals surface area (Å²) in [5.74, 6) is 0.164. The van der Waals surface area contributed by atoms with Crippen LogP contribution < -0.4 is 10.1 Å². The van der Waals surface area contributed by atoms with Gasteiger partial charge in [0, 0.05) is 13.1 Å². The number of sulfonamides is 1. The van der Waals surface area contributed by atoms with Crippen LogP contribution in [0.5, 0.6) is 5.75 Å². The molecule has 1 saturated heterocycles. The first-order valence-electron chi connectivity index (χ1n) is 11.2. The van der Waals surface area contributed by atoms with E-state index in [9.17, 15) is 13.2 Å². The van der Waals surface area contributed by atoms with Gasteiger partial charge in [0.1, 0.15) is 17.3 Å². The van der Waals surface area contributed by atoms with Gasteiger partial charge in [-0.25, -0.2) is 13.1 Å². The monoisotopic (exact) mass is 471 g/mol. The molecule has 1 aromatic heterocycles. The Labute approximate surface area is 193 Å². The first-order valence-corrected chi connectivity index (χ1v) is 12.6. The van der Waals surface area contributed by atoms with Gasteiger partial charge in [-0.15, -0.1) is 5.10 Å². The Kier molecular flexibility index (Phi) is 6.66. The number of benzene rings is 2. The number of aromatic nitrogens is 3. The molecular weight excluding hydrogens is 442 g/mol. The van der Waals surface area contributed by atoms with Crippen LogP contribution in [-0.2, 0) is 21.4 Å². The molecule has 0 bridgehead atoms. The Morgan fingerprint density at radius 2 is 2.03 bits per heavy atom. The van der Waals surface area contributed by atoms with E-state index in [0.717, 1.165) is 23.9 Å². The summed E-state index contributed by atoms with van der Waals surface area (Å²) in [4.78, 5) is 13.3. The molecule has 1 N–H and O–H groups in total. The van der Waals surface area contributed by atoms with Gasteiger partial charge in [0.25, 0.3) is 0 Å². The van der Waals surface area contributed by atoms with Crippen LogP contribution in [-0.4, -0.2) is 53.3 Å². The maximum atomic E-state index is 13.6. The van der Waals surface area contributed by atoms with Gasteiger partial charge < -0.3 is 10.1 Å². The number of piperidine rings is 1. The molecule has 1 fully saturated rings. The third-order valence-electron chi connectivity index (χ3n) is 5.90. The molecule has 0 unspecified atom stereocenters. The minimum atomic E-state index is -3.90. The minimum Gasteiger partial charge on any atom is -0.495 e. The molecule has 1 atom stereocenters. The van der Waals surface area contributed by atoms with Crippen molar-refractivity contribution in [1.29, 1.82) is 0 Å². The normalized spacial score (nSPS) is 17.2. The van der Waals surface area contributed by atoms with E-state index < -0.39 is 16.1 Å². The van der Waals surface area contributed by atoms with Gasteiger partial charge in [-0.05, 0) is 62.1 Å². The van der Waals surface area contributed by atoms with Crippen molar-refractivity contribution in [3.8, 4) is 5.75 Å². The molecule has 1 aliphatic rings. The zero-order chi connectivity index (χ0) is 23.6. The van der Waals surface area contributed by atoms with E-state index in [1.807, 2.05) is 26.0 Å². The predicted octanol–water partition coefficient (Wildman–Crippen LogP) is 3.34. The molecule has 2 aromatic carbocycles. The number of anilines is 1. The first-order chi connectivity index (χ1) is 15.8. The second-order valence-electron chi connectivity index (χ2n) is 8.28. The minimum absolute atomic E-state index is 0.117. The van der Waals surface area contributed by atoms with E-state index in [4.69, 9.17) is 4.74 Å². The van der Waals surface area contributed by atoms with Gasteiger partial charge in [0.2, 0.25) is 15.9 Å². The van der Waals surface area contributed by atoms with Crippen LogP contribution in [0.4, 0.5) is 5.69 Å². The molecule has 1 amide bonds. The summed E-state index contributed by atoms with van der Waals surface area (Å²) < 4.78 is 35.6. The van der Waals surface area contributed by atoms with Crippen molar-refractivity contribution >= 4 is 32.7 Å². The Morgan fingerprint density at radius 1 is 1.21 bits per heavy atom. The fraction of sp³-hybridized carbons (Fsp3) is 0.435. The number of amides is 1. The van der Waals surface area contributed by atoms with Gasteiger partial charge in [-0.1, -0.05) is 24.6 Å². The molecule has 176 valence electrons. The van der Waals surface area contributed by atoms with Crippen LogP contribution in [0.15, 0.2) is 41.3 Å². The quantitative estimate of drug-likeness (QED) is 0.566. The molecule has 4 rings (SSSR count). The molecular formula is C23H29N5O4S. The number of methoxy groups -OCH3 is 1. The highest BCUT2D eigenvalue weighted by atomic mass is 32.2. The van der Waals surface area contributed by atoms with E-state index in [0.29, 0.717) is 36.3 Å². The molecule has 0 radical (unpaired) electrons. The van der Waals surface area contributed by atoms with E-state index in [1.54, 1.807) is 22.9 Å². The van der Waals surface area contributed by atoms with Crippen molar-refractivity contribution in [3.05, 3.63) is 42.0 Å². The number of ether oxygens (including phenoxy) is 1. The highest BCUT2D eigenvalue weighted by Gasteiger charge is 2.38. The SMILES string of the molecule is CCCn1nnc2cc(S(=O)(=O)N3CCCC[C@@H]3C(=O)Nc3cc(C)ccc3OC)ccc21. The van der Waals surface area contributed by atoms with Gasteiger partial charge in [0.15, 0.2) is 0 Å². The van der Waals surface area contributed by atoms with E-state index in [-0.39, 0.29) is 17.3 Å². The number of carbonyl (C=O) groups excluding carboxylic acids is 1. The van der Waals surface area contributed by atoms with Crippen LogP contribution in [0.2, 0.25) is 0 Å². The van der Waals surface area contributed by atoms with Crippen molar-refractivity contribution in [2.75, 3.05) is 19.0 Å². The van der Waals surface area contributed by atoms with E-state index in [2.05, 4.69) is 15.6 Å². The third kappa shape index (κ3) is 4.58. The van der Waals surface area contributed by atoms with Crippen LogP contribution in [0.25, 0.3) is 11.0 Å². The molecule has 0 saturated carbocycles. The molecule has 3 aromatic rings. The topological polar surface area (TPSA) is 106 Å². The number of hydrogen-bond donors (Lipinski definition) is 1. The van der Waals surface area contributed by atoms with Crippen molar-refractivity contribution in [2.45, 2.75) is 57.0 Å². The number of nitrogens with one attached hydrogen (secondary N) is 1. The lowest BCUT2D eigenvalue weighted by Crippen LogP contribution is -2.49. The van der Waals surface area contributed by atoms with Crippen molar-refractivity contribution in [1.82, 2.24) is 19.3 Å². The van der Waals surface area contributed by atoms with Crippen molar-refractivity contribution in [3.63, 3.8) is 0 Å². The Morgan fingerprint density at radius 3 is 2.79 bits per heavy atom. The Hall–Kier alpha value is -2.98. The average Bonchev–Trinajstić information content (AvgIpc) is 3.21. The molecule has 0 spiro atoms. The average molecular weight is 472 g/mol. The lowest BCUT2D eigenvalue weighted by atomic mass is 10.0. The summed E-state index contributed by atoms with van der Waals surface area (Å²) in [6.07, 6.45) is 2.83. The summed E-state index contributed by atoms with van der Waals surface area (Å²) in [7, 11) is -2.37. The number of hydrogen-bond acceptors (Lipinski definition) is 6. The number of rotatable bonds is 7. The van der Waals surface area contributed by atoms with Crippen LogP contribution in [0.1, 0.15) is 38.2 Å². The summed E-state index contributed by atoms with van der Waals surface area (Å²) >= 11 is 0. The lowest BCUT2D eigenvalue weighted by Gasteiger charge is -2.33. The molecule has 2 heterocycles. The van der Waals surface area contributed by atoms with Gasteiger partial charge >= 0.3 is 0 Å². The zero-order valence-electron chi connectivity index (χ0n) is 19.1. The Bertz CT molecular complexity index is 1270. The Balaban J connectivity index is 1.63. The van der Waals surface area contributed by atoms with E-state index >= 15 is 0 Å². The van der Waals surface area contributed by atoms with Crippen LogP contribution >= 0.6 is 0 Å². The second kappa shape index (κ2) is 9.48. The summed E-state index contributed by atoms with van der Waals surface area (Å²) in [5, 5.41) is 11.1.